The van der Waals surface area contributed by atoms with Gasteiger partial charge in [0.1, 0.15) is 0 Å². The molecule has 1 heterocycles. The van der Waals surface area contributed by atoms with Crippen molar-refractivity contribution in [2.45, 2.75) is 32.1 Å². The number of benzene rings is 1. The second-order valence-electron chi connectivity index (χ2n) is 6.24. The van der Waals surface area contributed by atoms with E-state index in [2.05, 4.69) is 0 Å². The van der Waals surface area contributed by atoms with E-state index in [0.29, 0.717) is 50.7 Å². The molecule has 1 aliphatic heterocycles. The zero-order chi connectivity index (χ0) is 18.4. The van der Waals surface area contributed by atoms with Gasteiger partial charge in [-0.2, -0.15) is 4.31 Å². The Balaban J connectivity index is 1.95. The fraction of sp³-hybridized carbons (Fsp3) is 0.611. The van der Waals surface area contributed by atoms with Crippen molar-refractivity contribution in [3.05, 3.63) is 29.8 Å². The molecular formula is C18H29N3O3S. The van der Waals surface area contributed by atoms with Gasteiger partial charge in [-0.15, -0.1) is 0 Å². The van der Waals surface area contributed by atoms with Crippen molar-refractivity contribution >= 4 is 15.9 Å². The van der Waals surface area contributed by atoms with Crippen LogP contribution in [0.15, 0.2) is 29.2 Å². The first-order chi connectivity index (χ1) is 11.9. The molecular weight excluding hydrogens is 338 g/mol. The van der Waals surface area contributed by atoms with E-state index in [1.54, 1.807) is 17.0 Å². The lowest BCUT2D eigenvalue weighted by molar-refractivity contribution is -0.132. The lowest BCUT2D eigenvalue weighted by Gasteiger charge is -2.34. The number of amides is 1. The minimum Gasteiger partial charge on any atom is -0.342 e. The lowest BCUT2D eigenvalue weighted by Crippen LogP contribution is -2.51. The van der Waals surface area contributed by atoms with Gasteiger partial charge in [-0.3, -0.25) is 9.69 Å². The number of hydrogen-bond acceptors (Lipinski definition) is 4. The Morgan fingerprint density at radius 2 is 1.56 bits per heavy atom. The van der Waals surface area contributed by atoms with Crippen LogP contribution in [0.5, 0.6) is 0 Å². The van der Waals surface area contributed by atoms with Gasteiger partial charge in [-0.05, 0) is 38.0 Å². The lowest BCUT2D eigenvalue weighted by atomic mass is 10.2. The van der Waals surface area contributed by atoms with E-state index in [0.717, 1.165) is 12.0 Å². The number of hydrogen-bond donors (Lipinski definition) is 0. The molecule has 1 fully saturated rings. The molecule has 140 valence electrons. The number of rotatable bonds is 7. The third-order valence-electron chi connectivity index (χ3n) is 4.78. The van der Waals surface area contributed by atoms with Gasteiger partial charge in [0.05, 0.1) is 11.4 Å². The molecule has 7 heteroatoms. The Labute approximate surface area is 151 Å². The number of piperazine rings is 1. The topological polar surface area (TPSA) is 60.9 Å². The van der Waals surface area contributed by atoms with E-state index in [9.17, 15) is 13.2 Å². The Morgan fingerprint density at radius 3 is 2.04 bits per heavy atom. The SMILES string of the molecule is CCc1ccc(S(=O)(=O)N2CCN(CC(=O)N(CC)CC)CC2)cc1. The summed E-state index contributed by atoms with van der Waals surface area (Å²) in [7, 11) is -3.45. The van der Waals surface area contributed by atoms with E-state index in [-0.39, 0.29) is 5.91 Å². The minimum absolute atomic E-state index is 0.108. The standard InChI is InChI=1S/C18H29N3O3S/c1-4-16-7-9-17(10-8-16)25(23,24)21-13-11-19(12-14-21)15-18(22)20(5-2)6-3/h7-10H,4-6,11-15H2,1-3H3. The Kier molecular flexibility index (Phi) is 6.98. The highest BCUT2D eigenvalue weighted by atomic mass is 32.2. The number of likely N-dealkylation sites (N-methyl/N-ethyl adjacent to an activating group) is 1. The van der Waals surface area contributed by atoms with Crippen LogP contribution in [0.3, 0.4) is 0 Å². The molecule has 0 unspecified atom stereocenters. The second-order valence-corrected chi connectivity index (χ2v) is 8.18. The minimum atomic E-state index is -3.45. The van der Waals surface area contributed by atoms with Crippen molar-refractivity contribution in [2.24, 2.45) is 0 Å². The highest BCUT2D eigenvalue weighted by Gasteiger charge is 2.29. The van der Waals surface area contributed by atoms with Gasteiger partial charge in [0.2, 0.25) is 15.9 Å². The molecule has 1 saturated heterocycles. The third kappa shape index (κ3) is 4.80. The Hall–Kier alpha value is -1.44. The predicted octanol–water partition coefficient (Wildman–Crippen LogP) is 1.42. The van der Waals surface area contributed by atoms with E-state index in [1.165, 1.54) is 4.31 Å². The number of nitrogens with zero attached hydrogens (tertiary/aromatic N) is 3. The normalized spacial score (nSPS) is 16.8. The largest absolute Gasteiger partial charge is 0.342 e. The fourth-order valence-corrected chi connectivity index (χ4v) is 4.46. The average molecular weight is 368 g/mol. The van der Waals surface area contributed by atoms with Crippen molar-refractivity contribution in [1.29, 1.82) is 0 Å². The maximum absolute atomic E-state index is 12.7. The van der Waals surface area contributed by atoms with Crippen LogP contribution in [0.25, 0.3) is 0 Å². The fourth-order valence-electron chi connectivity index (χ4n) is 3.04. The van der Waals surface area contributed by atoms with Gasteiger partial charge in [0.15, 0.2) is 0 Å². The Bertz CT molecular complexity index is 661. The molecule has 1 aromatic carbocycles. The van der Waals surface area contributed by atoms with Gasteiger partial charge in [0, 0.05) is 39.3 Å². The molecule has 0 radical (unpaired) electrons. The highest BCUT2D eigenvalue weighted by Crippen LogP contribution is 2.18. The summed E-state index contributed by atoms with van der Waals surface area (Å²) in [6.45, 7) is 9.76. The average Bonchev–Trinajstić information content (AvgIpc) is 2.63. The summed E-state index contributed by atoms with van der Waals surface area (Å²) >= 11 is 0. The first kappa shape index (κ1) is 19.9. The van der Waals surface area contributed by atoms with Gasteiger partial charge < -0.3 is 4.90 Å². The summed E-state index contributed by atoms with van der Waals surface area (Å²) in [6, 6.07) is 7.10. The molecule has 6 nitrogen and oxygen atoms in total. The van der Waals surface area contributed by atoms with Crippen LogP contribution in [0.1, 0.15) is 26.3 Å². The zero-order valence-corrected chi connectivity index (χ0v) is 16.3. The molecule has 25 heavy (non-hydrogen) atoms. The first-order valence-corrected chi connectivity index (χ1v) is 10.5. The van der Waals surface area contributed by atoms with E-state index < -0.39 is 10.0 Å². The number of carbonyl (C=O) groups is 1. The van der Waals surface area contributed by atoms with Crippen LogP contribution in [0.2, 0.25) is 0 Å². The van der Waals surface area contributed by atoms with Crippen molar-refractivity contribution in [1.82, 2.24) is 14.1 Å². The van der Waals surface area contributed by atoms with Crippen LogP contribution < -0.4 is 0 Å². The van der Waals surface area contributed by atoms with Gasteiger partial charge in [0.25, 0.3) is 0 Å². The van der Waals surface area contributed by atoms with Crippen LogP contribution >= 0.6 is 0 Å². The number of aryl methyl sites for hydroxylation is 1. The molecule has 0 saturated carbocycles. The molecule has 1 amide bonds. The summed E-state index contributed by atoms with van der Waals surface area (Å²) in [5.41, 5.74) is 1.12. The third-order valence-corrected chi connectivity index (χ3v) is 6.69. The van der Waals surface area contributed by atoms with Crippen LogP contribution in [0, 0.1) is 0 Å². The summed E-state index contributed by atoms with van der Waals surface area (Å²) < 4.78 is 27.0. The predicted molar refractivity (Wildman–Crippen MR) is 98.9 cm³/mol. The quantitative estimate of drug-likeness (QED) is 0.731. The van der Waals surface area contributed by atoms with Crippen molar-refractivity contribution < 1.29 is 13.2 Å². The highest BCUT2D eigenvalue weighted by molar-refractivity contribution is 7.89. The van der Waals surface area contributed by atoms with Crippen LogP contribution in [-0.4, -0.2) is 74.2 Å². The molecule has 1 aromatic rings. The van der Waals surface area contributed by atoms with Gasteiger partial charge >= 0.3 is 0 Å². The second kappa shape index (κ2) is 8.78. The van der Waals surface area contributed by atoms with Crippen molar-refractivity contribution in [3.8, 4) is 0 Å². The molecule has 0 aliphatic carbocycles. The van der Waals surface area contributed by atoms with E-state index >= 15 is 0 Å². The first-order valence-electron chi connectivity index (χ1n) is 9.01. The number of carbonyl (C=O) groups excluding carboxylic acids is 1. The van der Waals surface area contributed by atoms with Crippen LogP contribution in [-0.2, 0) is 21.2 Å². The zero-order valence-electron chi connectivity index (χ0n) is 15.4. The molecule has 1 aliphatic rings. The van der Waals surface area contributed by atoms with Crippen molar-refractivity contribution in [2.75, 3.05) is 45.8 Å². The monoisotopic (exact) mass is 367 g/mol. The Morgan fingerprint density at radius 1 is 1.00 bits per heavy atom. The van der Waals surface area contributed by atoms with E-state index in [4.69, 9.17) is 0 Å². The molecule has 0 aromatic heterocycles. The summed E-state index contributed by atoms with van der Waals surface area (Å²) in [5, 5.41) is 0. The molecule has 0 bridgehead atoms. The summed E-state index contributed by atoms with van der Waals surface area (Å²) in [6.07, 6.45) is 0.888. The molecule has 2 rings (SSSR count). The molecule has 0 atom stereocenters. The summed E-state index contributed by atoms with van der Waals surface area (Å²) in [4.78, 5) is 16.4. The van der Waals surface area contributed by atoms with Crippen molar-refractivity contribution in [3.63, 3.8) is 0 Å². The smallest absolute Gasteiger partial charge is 0.243 e. The molecule has 0 N–H and O–H groups in total. The summed E-state index contributed by atoms with van der Waals surface area (Å²) in [5.74, 6) is 0.108. The van der Waals surface area contributed by atoms with Crippen LogP contribution in [0.4, 0.5) is 0 Å². The molecule has 0 spiro atoms. The maximum atomic E-state index is 12.7. The van der Waals surface area contributed by atoms with Gasteiger partial charge in [-0.1, -0.05) is 19.1 Å². The van der Waals surface area contributed by atoms with E-state index in [1.807, 2.05) is 37.8 Å². The van der Waals surface area contributed by atoms with Gasteiger partial charge in [-0.25, -0.2) is 8.42 Å². The number of sulfonamides is 1. The maximum Gasteiger partial charge on any atom is 0.243 e.